The molecule has 13 heavy (non-hydrogen) atoms. The predicted octanol–water partition coefficient (Wildman–Crippen LogP) is 1.36. The number of hydrogen-bond donors (Lipinski definition) is 1. The quantitative estimate of drug-likeness (QED) is 0.655. The first kappa shape index (κ1) is 8.25. The van der Waals surface area contributed by atoms with E-state index in [0.29, 0.717) is 0 Å². The van der Waals surface area contributed by atoms with Crippen LogP contribution in [-0.4, -0.2) is 35.6 Å². The topological polar surface area (TPSA) is 15.3 Å². The molecule has 3 rings (SSSR count). The van der Waals surface area contributed by atoms with Crippen LogP contribution in [-0.2, 0) is 0 Å². The lowest BCUT2D eigenvalue weighted by Crippen LogP contribution is -2.40. The summed E-state index contributed by atoms with van der Waals surface area (Å²) in [5.41, 5.74) is 0. The molecular formula is C11H20N2. The molecule has 74 valence electrons. The molecule has 2 bridgehead atoms. The van der Waals surface area contributed by atoms with E-state index >= 15 is 0 Å². The van der Waals surface area contributed by atoms with Crippen molar-refractivity contribution in [1.82, 2.24) is 10.2 Å². The lowest BCUT2D eigenvalue weighted by molar-refractivity contribution is 0.186. The van der Waals surface area contributed by atoms with Gasteiger partial charge in [-0.05, 0) is 39.0 Å². The lowest BCUT2D eigenvalue weighted by atomic mass is 10.0. The van der Waals surface area contributed by atoms with Crippen molar-refractivity contribution in [3.05, 3.63) is 0 Å². The highest BCUT2D eigenvalue weighted by atomic mass is 15.3. The van der Waals surface area contributed by atoms with Gasteiger partial charge < -0.3 is 5.32 Å². The highest BCUT2D eigenvalue weighted by molar-refractivity contribution is 5.00. The molecule has 3 aliphatic rings. The fraction of sp³-hybridized carbons (Fsp3) is 1.00. The number of rotatable bonds is 1. The van der Waals surface area contributed by atoms with Crippen LogP contribution in [0.5, 0.6) is 0 Å². The summed E-state index contributed by atoms with van der Waals surface area (Å²) in [6.07, 6.45) is 7.31. The minimum absolute atomic E-state index is 0.755. The molecule has 3 aliphatic heterocycles. The van der Waals surface area contributed by atoms with E-state index in [4.69, 9.17) is 0 Å². The van der Waals surface area contributed by atoms with E-state index in [1.54, 1.807) is 0 Å². The van der Waals surface area contributed by atoms with Crippen molar-refractivity contribution in [2.45, 2.75) is 63.2 Å². The van der Waals surface area contributed by atoms with Gasteiger partial charge in [0.1, 0.15) is 0 Å². The van der Waals surface area contributed by atoms with Crippen LogP contribution in [0, 0.1) is 0 Å². The Morgan fingerprint density at radius 3 is 2.08 bits per heavy atom. The van der Waals surface area contributed by atoms with Crippen LogP contribution in [0.4, 0.5) is 0 Å². The van der Waals surface area contributed by atoms with Gasteiger partial charge in [0.25, 0.3) is 0 Å². The molecule has 0 amide bonds. The summed E-state index contributed by atoms with van der Waals surface area (Å²) in [4.78, 5) is 2.84. The molecule has 0 spiro atoms. The van der Waals surface area contributed by atoms with E-state index in [9.17, 15) is 0 Å². The Bertz CT molecular complexity index is 184. The maximum atomic E-state index is 3.57. The summed E-state index contributed by atoms with van der Waals surface area (Å²) in [5, 5.41) is 3.57. The molecule has 0 aromatic rings. The largest absolute Gasteiger partial charge is 0.313 e. The average Bonchev–Trinajstić information content (AvgIpc) is 2.78. The van der Waals surface area contributed by atoms with Gasteiger partial charge in [-0.25, -0.2) is 0 Å². The van der Waals surface area contributed by atoms with E-state index in [2.05, 4.69) is 17.1 Å². The minimum Gasteiger partial charge on any atom is -0.313 e. The Hall–Kier alpha value is -0.0800. The monoisotopic (exact) mass is 180 g/mol. The SMILES string of the molecule is CC1CC(N2C3CCC2CC3)CN1. The predicted molar refractivity (Wildman–Crippen MR) is 53.8 cm³/mol. The van der Waals surface area contributed by atoms with Crippen molar-refractivity contribution in [3.63, 3.8) is 0 Å². The second-order valence-electron chi connectivity index (χ2n) is 5.11. The summed E-state index contributed by atoms with van der Waals surface area (Å²) < 4.78 is 0. The van der Waals surface area contributed by atoms with Gasteiger partial charge in [-0.15, -0.1) is 0 Å². The number of fused-ring (bicyclic) bond motifs is 2. The maximum Gasteiger partial charge on any atom is 0.0241 e. The Morgan fingerprint density at radius 2 is 1.62 bits per heavy atom. The molecule has 0 aromatic heterocycles. The highest BCUT2D eigenvalue weighted by Crippen LogP contribution is 2.40. The fourth-order valence-corrected chi connectivity index (χ4v) is 3.69. The molecule has 3 saturated heterocycles. The second-order valence-corrected chi connectivity index (χ2v) is 5.11. The number of nitrogens with one attached hydrogen (secondary N) is 1. The summed E-state index contributed by atoms with van der Waals surface area (Å²) in [5.74, 6) is 0. The van der Waals surface area contributed by atoms with Crippen molar-refractivity contribution >= 4 is 0 Å². The maximum absolute atomic E-state index is 3.57. The first-order valence-corrected chi connectivity index (χ1v) is 5.85. The molecule has 3 heterocycles. The van der Waals surface area contributed by atoms with Gasteiger partial charge in [-0.2, -0.15) is 0 Å². The van der Waals surface area contributed by atoms with Crippen LogP contribution >= 0.6 is 0 Å². The number of hydrogen-bond acceptors (Lipinski definition) is 2. The normalized spacial score (nSPS) is 50.5. The zero-order valence-electron chi connectivity index (χ0n) is 8.50. The van der Waals surface area contributed by atoms with Crippen molar-refractivity contribution in [1.29, 1.82) is 0 Å². The third-order valence-corrected chi connectivity index (χ3v) is 4.26. The van der Waals surface area contributed by atoms with E-state index in [1.807, 2.05) is 0 Å². The number of nitrogens with zero attached hydrogens (tertiary/aromatic N) is 1. The van der Waals surface area contributed by atoms with Crippen LogP contribution in [0.15, 0.2) is 0 Å². The van der Waals surface area contributed by atoms with Gasteiger partial charge in [-0.3, -0.25) is 4.90 Å². The van der Waals surface area contributed by atoms with Gasteiger partial charge in [0.15, 0.2) is 0 Å². The van der Waals surface area contributed by atoms with Gasteiger partial charge >= 0.3 is 0 Å². The summed E-state index contributed by atoms with van der Waals surface area (Å²) in [6, 6.07) is 3.55. The van der Waals surface area contributed by atoms with Gasteiger partial charge in [0.05, 0.1) is 0 Å². The van der Waals surface area contributed by atoms with Crippen LogP contribution in [0.3, 0.4) is 0 Å². The molecule has 0 radical (unpaired) electrons. The third kappa shape index (κ3) is 1.23. The molecule has 0 saturated carbocycles. The Kier molecular flexibility index (Phi) is 1.88. The standard InChI is InChI=1S/C11H20N2/c1-8-6-11(7-12-8)13-9-2-3-10(13)5-4-9/h8-12H,2-7H2,1H3. The van der Waals surface area contributed by atoms with Crippen molar-refractivity contribution < 1.29 is 0 Å². The summed E-state index contributed by atoms with van der Waals surface area (Å²) >= 11 is 0. The molecule has 3 fully saturated rings. The van der Waals surface area contributed by atoms with Crippen LogP contribution < -0.4 is 5.32 Å². The third-order valence-electron chi connectivity index (χ3n) is 4.26. The molecule has 2 atom stereocenters. The van der Waals surface area contributed by atoms with E-state index in [-0.39, 0.29) is 0 Å². The average molecular weight is 180 g/mol. The van der Waals surface area contributed by atoms with Crippen molar-refractivity contribution in [2.24, 2.45) is 0 Å². The Labute approximate surface area is 80.7 Å². The first-order valence-electron chi connectivity index (χ1n) is 5.85. The molecule has 0 aromatic carbocycles. The second kappa shape index (κ2) is 2.96. The molecule has 2 nitrogen and oxygen atoms in total. The van der Waals surface area contributed by atoms with Crippen LogP contribution in [0.25, 0.3) is 0 Å². The van der Waals surface area contributed by atoms with Crippen molar-refractivity contribution in [2.75, 3.05) is 6.54 Å². The lowest BCUT2D eigenvalue weighted by Gasteiger charge is -2.28. The molecule has 2 heteroatoms. The van der Waals surface area contributed by atoms with E-state index < -0.39 is 0 Å². The Balaban J connectivity index is 1.72. The highest BCUT2D eigenvalue weighted by Gasteiger charge is 2.44. The van der Waals surface area contributed by atoms with Crippen LogP contribution in [0.2, 0.25) is 0 Å². The zero-order chi connectivity index (χ0) is 8.84. The summed E-state index contributed by atoms with van der Waals surface area (Å²) in [7, 11) is 0. The van der Waals surface area contributed by atoms with Gasteiger partial charge in [-0.1, -0.05) is 0 Å². The van der Waals surface area contributed by atoms with E-state index in [0.717, 1.165) is 24.2 Å². The summed E-state index contributed by atoms with van der Waals surface area (Å²) in [6.45, 7) is 3.56. The smallest absolute Gasteiger partial charge is 0.0241 e. The van der Waals surface area contributed by atoms with E-state index in [1.165, 1.54) is 38.6 Å². The Morgan fingerprint density at radius 1 is 1.00 bits per heavy atom. The van der Waals surface area contributed by atoms with Crippen LogP contribution in [0.1, 0.15) is 39.0 Å². The molecular weight excluding hydrogens is 160 g/mol. The zero-order valence-corrected chi connectivity index (χ0v) is 8.50. The molecule has 0 aliphatic carbocycles. The minimum atomic E-state index is 0.755. The van der Waals surface area contributed by atoms with Gasteiger partial charge in [0, 0.05) is 30.7 Å². The van der Waals surface area contributed by atoms with Crippen molar-refractivity contribution in [3.8, 4) is 0 Å². The first-order chi connectivity index (χ1) is 6.34. The molecule has 2 unspecified atom stereocenters. The van der Waals surface area contributed by atoms with Gasteiger partial charge in [0.2, 0.25) is 0 Å². The molecule has 1 N–H and O–H groups in total. The fourth-order valence-electron chi connectivity index (χ4n) is 3.69.